The molecule has 2 rings (SSSR count). The van der Waals surface area contributed by atoms with Crippen molar-refractivity contribution < 1.29 is 9.13 Å². The largest absolute Gasteiger partial charge is 0.432 e. The minimum atomic E-state index is -0.480. The van der Waals surface area contributed by atoms with Gasteiger partial charge in [0.2, 0.25) is 0 Å². The van der Waals surface area contributed by atoms with E-state index in [0.29, 0.717) is 0 Å². The third-order valence-corrected chi connectivity index (χ3v) is 1.85. The molecular weight excluding hydrogens is 213 g/mol. The van der Waals surface area contributed by atoms with Crippen molar-refractivity contribution >= 4 is 5.69 Å². The minimum Gasteiger partial charge on any atom is -0.432 e. The number of nitrogens with two attached hydrogens (primary N) is 1. The summed E-state index contributed by atoms with van der Waals surface area (Å²) < 4.78 is 17.9. The van der Waals surface area contributed by atoms with Crippen molar-refractivity contribution in [1.82, 2.24) is 9.97 Å². The van der Waals surface area contributed by atoms with Crippen molar-refractivity contribution in [3.63, 3.8) is 0 Å². The van der Waals surface area contributed by atoms with E-state index in [0.717, 1.165) is 6.07 Å². The van der Waals surface area contributed by atoms with Crippen LogP contribution in [-0.2, 0) is 0 Å². The van der Waals surface area contributed by atoms with Crippen LogP contribution in [0.25, 0.3) is 0 Å². The van der Waals surface area contributed by atoms with Crippen molar-refractivity contribution in [2.45, 2.75) is 0 Å². The third-order valence-electron chi connectivity index (χ3n) is 1.85. The van der Waals surface area contributed by atoms with Crippen LogP contribution in [0.2, 0.25) is 0 Å². The van der Waals surface area contributed by atoms with E-state index in [1.165, 1.54) is 24.5 Å². The first-order valence-electron chi connectivity index (χ1n) is 4.43. The Bertz CT molecular complexity index is 568. The second-order valence-electron chi connectivity index (χ2n) is 3.01. The molecule has 0 radical (unpaired) electrons. The van der Waals surface area contributed by atoms with Crippen LogP contribution in [0.3, 0.4) is 0 Å². The molecule has 0 saturated heterocycles. The molecule has 0 saturated carbocycles. The van der Waals surface area contributed by atoms with Crippen molar-refractivity contribution in [2.75, 3.05) is 5.73 Å². The molecule has 0 bridgehead atoms. The maximum Gasteiger partial charge on any atom is 0.311 e. The summed E-state index contributed by atoms with van der Waals surface area (Å²) in [5, 5.41) is 0. The van der Waals surface area contributed by atoms with Crippen molar-refractivity contribution in [3.8, 4) is 11.6 Å². The molecule has 0 aliphatic heterocycles. The summed E-state index contributed by atoms with van der Waals surface area (Å²) in [4.78, 5) is 17.4. The van der Waals surface area contributed by atoms with E-state index in [1.807, 2.05) is 0 Å². The van der Waals surface area contributed by atoms with Gasteiger partial charge < -0.3 is 15.5 Å². The fraction of sp³-hybridized carbons (Fsp3) is 0. The summed E-state index contributed by atoms with van der Waals surface area (Å²) in [6.45, 7) is 0. The Morgan fingerprint density at radius 1 is 1.44 bits per heavy atom. The van der Waals surface area contributed by atoms with Crippen LogP contribution >= 0.6 is 0 Å². The Balaban J connectivity index is 2.35. The second kappa shape index (κ2) is 4.01. The SMILES string of the molecule is Nc1cc(F)ccc1Oc1ncc[nH]c1=O. The lowest BCUT2D eigenvalue weighted by Crippen LogP contribution is -2.09. The van der Waals surface area contributed by atoms with Crippen molar-refractivity contribution in [1.29, 1.82) is 0 Å². The number of aromatic amines is 1. The number of hydrogen-bond acceptors (Lipinski definition) is 4. The highest BCUT2D eigenvalue weighted by Crippen LogP contribution is 2.24. The number of nitrogens with zero attached hydrogens (tertiary/aromatic N) is 1. The van der Waals surface area contributed by atoms with E-state index in [9.17, 15) is 9.18 Å². The number of ether oxygens (including phenoxy) is 1. The highest BCUT2D eigenvalue weighted by atomic mass is 19.1. The monoisotopic (exact) mass is 221 g/mol. The number of rotatable bonds is 2. The Morgan fingerprint density at radius 3 is 2.94 bits per heavy atom. The Kier molecular flexibility index (Phi) is 2.55. The molecule has 1 aromatic carbocycles. The minimum absolute atomic E-state index is 0.102. The van der Waals surface area contributed by atoms with Crippen LogP contribution in [0.5, 0.6) is 11.6 Å². The Morgan fingerprint density at radius 2 is 2.25 bits per heavy atom. The van der Waals surface area contributed by atoms with Crippen LogP contribution in [0, 0.1) is 5.82 Å². The predicted octanol–water partition coefficient (Wildman–Crippen LogP) is 1.28. The first-order chi connectivity index (χ1) is 7.66. The molecule has 0 amide bonds. The van der Waals surface area contributed by atoms with Gasteiger partial charge in [-0.2, -0.15) is 0 Å². The predicted molar refractivity (Wildman–Crippen MR) is 55.7 cm³/mol. The summed E-state index contributed by atoms with van der Waals surface area (Å²) in [5.41, 5.74) is 5.14. The molecule has 1 heterocycles. The summed E-state index contributed by atoms with van der Waals surface area (Å²) in [5.74, 6) is -0.425. The molecule has 0 aliphatic rings. The maximum atomic E-state index is 12.7. The average Bonchev–Trinajstić information content (AvgIpc) is 2.25. The van der Waals surface area contributed by atoms with Gasteiger partial charge in [-0.25, -0.2) is 9.37 Å². The van der Waals surface area contributed by atoms with Gasteiger partial charge in [-0.15, -0.1) is 0 Å². The fourth-order valence-corrected chi connectivity index (χ4v) is 1.13. The number of halogens is 1. The molecule has 0 spiro atoms. The van der Waals surface area contributed by atoms with Gasteiger partial charge in [0, 0.05) is 18.5 Å². The number of nitrogens with one attached hydrogen (secondary N) is 1. The highest BCUT2D eigenvalue weighted by Gasteiger charge is 2.06. The highest BCUT2D eigenvalue weighted by molar-refractivity contribution is 5.53. The van der Waals surface area contributed by atoms with Crippen LogP contribution in [-0.4, -0.2) is 9.97 Å². The normalized spacial score (nSPS) is 10.1. The van der Waals surface area contributed by atoms with Gasteiger partial charge in [0.25, 0.3) is 5.88 Å². The van der Waals surface area contributed by atoms with E-state index in [4.69, 9.17) is 10.5 Å². The lowest BCUT2D eigenvalue weighted by atomic mass is 10.3. The molecule has 1 aromatic heterocycles. The van der Waals surface area contributed by atoms with Gasteiger partial charge in [-0.3, -0.25) is 4.79 Å². The van der Waals surface area contributed by atoms with Gasteiger partial charge >= 0.3 is 5.56 Å². The molecule has 16 heavy (non-hydrogen) atoms. The van der Waals surface area contributed by atoms with Crippen LogP contribution in [0.15, 0.2) is 35.4 Å². The maximum absolute atomic E-state index is 12.7. The lowest BCUT2D eigenvalue weighted by Gasteiger charge is -2.05. The zero-order chi connectivity index (χ0) is 11.5. The summed E-state index contributed by atoms with van der Waals surface area (Å²) >= 11 is 0. The molecule has 2 aromatic rings. The van der Waals surface area contributed by atoms with Gasteiger partial charge in [0.05, 0.1) is 5.69 Å². The molecule has 0 unspecified atom stereocenters. The van der Waals surface area contributed by atoms with E-state index in [2.05, 4.69) is 9.97 Å². The van der Waals surface area contributed by atoms with Crippen LogP contribution in [0.1, 0.15) is 0 Å². The summed E-state index contributed by atoms with van der Waals surface area (Å²) in [6.07, 6.45) is 2.75. The molecule has 0 aliphatic carbocycles. The lowest BCUT2D eigenvalue weighted by molar-refractivity contribution is 0.455. The quantitative estimate of drug-likeness (QED) is 0.748. The fourth-order valence-electron chi connectivity index (χ4n) is 1.13. The van der Waals surface area contributed by atoms with Crippen LogP contribution < -0.4 is 16.0 Å². The zero-order valence-electron chi connectivity index (χ0n) is 8.11. The first-order valence-corrected chi connectivity index (χ1v) is 4.43. The molecular formula is C10H8FN3O2. The summed E-state index contributed by atoms with van der Waals surface area (Å²) in [6, 6.07) is 3.62. The second-order valence-corrected chi connectivity index (χ2v) is 3.01. The van der Waals surface area contributed by atoms with Crippen molar-refractivity contribution in [3.05, 3.63) is 46.8 Å². The van der Waals surface area contributed by atoms with E-state index < -0.39 is 11.4 Å². The van der Waals surface area contributed by atoms with Gasteiger partial charge in [0.1, 0.15) is 5.82 Å². The number of benzene rings is 1. The van der Waals surface area contributed by atoms with Gasteiger partial charge in [-0.1, -0.05) is 0 Å². The smallest absolute Gasteiger partial charge is 0.311 e. The van der Waals surface area contributed by atoms with Crippen LogP contribution in [0.4, 0.5) is 10.1 Å². The standard InChI is InChI=1S/C10H8FN3O2/c11-6-1-2-8(7(12)5-6)16-10-9(15)13-3-4-14-10/h1-5H,12H2,(H,13,15). The number of aromatic nitrogens is 2. The number of anilines is 1. The molecule has 82 valence electrons. The molecule has 5 nitrogen and oxygen atoms in total. The van der Waals surface area contributed by atoms with E-state index in [-0.39, 0.29) is 17.3 Å². The number of nitrogen functional groups attached to an aromatic ring is 1. The van der Waals surface area contributed by atoms with Gasteiger partial charge in [0.15, 0.2) is 5.75 Å². The van der Waals surface area contributed by atoms with E-state index >= 15 is 0 Å². The number of H-pyrrole nitrogens is 1. The van der Waals surface area contributed by atoms with Gasteiger partial charge in [-0.05, 0) is 12.1 Å². The Labute approximate surface area is 89.7 Å². The van der Waals surface area contributed by atoms with Crippen molar-refractivity contribution in [2.24, 2.45) is 0 Å². The summed E-state index contributed by atoms with van der Waals surface area (Å²) in [7, 11) is 0. The molecule has 0 fully saturated rings. The molecule has 6 heteroatoms. The average molecular weight is 221 g/mol. The topological polar surface area (TPSA) is 81.0 Å². The first kappa shape index (κ1) is 10.2. The van der Waals surface area contributed by atoms with E-state index in [1.54, 1.807) is 0 Å². The number of hydrogen-bond donors (Lipinski definition) is 2. The third kappa shape index (κ3) is 2.00. The zero-order valence-corrected chi connectivity index (χ0v) is 8.11. The molecule has 3 N–H and O–H groups in total. The molecule has 0 atom stereocenters. The Hall–Kier alpha value is -2.37.